The Balaban J connectivity index is -0.00000450. The first-order valence-electron chi connectivity index (χ1n) is 11.3. The van der Waals surface area contributed by atoms with E-state index in [4.69, 9.17) is 23.7 Å². The van der Waals surface area contributed by atoms with Crippen LogP contribution in [0.15, 0.2) is 0 Å². The van der Waals surface area contributed by atoms with Crippen molar-refractivity contribution in [2.75, 3.05) is 72.6 Å². The van der Waals surface area contributed by atoms with Crippen LogP contribution in [0.3, 0.4) is 0 Å². The number of amides is 1. The number of nitrogens with one attached hydrogen (secondary N) is 1. The molecule has 1 amide bonds. The lowest BCUT2D eigenvalue weighted by molar-refractivity contribution is -0.122. The van der Waals surface area contributed by atoms with Gasteiger partial charge in [-0.05, 0) is 26.7 Å². The number of ketones is 1. The molecule has 1 atom stereocenters. The van der Waals surface area contributed by atoms with Crippen LogP contribution in [0.25, 0.3) is 0 Å². The van der Waals surface area contributed by atoms with Crippen molar-refractivity contribution in [3.63, 3.8) is 0 Å². The monoisotopic (exact) mass is 481 g/mol. The number of Topliss-reactive ketones (excluding diaryl/α,β-unsaturated/α-hetero) is 1. The Morgan fingerprint density at radius 2 is 1.18 bits per heavy atom. The van der Waals surface area contributed by atoms with Crippen LogP contribution >= 0.6 is 0 Å². The highest BCUT2D eigenvalue weighted by Gasteiger charge is 2.01. The Labute approximate surface area is 201 Å². The van der Waals surface area contributed by atoms with Gasteiger partial charge in [-0.3, -0.25) is 9.59 Å². The largest absolute Gasteiger partial charge is 0.393 e. The molecule has 9 nitrogen and oxygen atoms in total. The SMILES string of the molecule is C.C.CC(=O)COCCOCCOCCOCCOCCNC(=O)CCCCCC[C@@H](C)O. The van der Waals surface area contributed by atoms with Crippen LogP contribution in [0, 0.1) is 0 Å². The molecule has 200 valence electrons. The number of rotatable bonds is 24. The predicted molar refractivity (Wildman–Crippen MR) is 131 cm³/mol. The van der Waals surface area contributed by atoms with Crippen LogP contribution < -0.4 is 5.32 Å². The lowest BCUT2D eigenvalue weighted by Crippen LogP contribution is -2.27. The predicted octanol–water partition coefficient (Wildman–Crippen LogP) is 2.77. The van der Waals surface area contributed by atoms with Gasteiger partial charge in [-0.2, -0.15) is 0 Å². The molecule has 0 aliphatic heterocycles. The van der Waals surface area contributed by atoms with E-state index >= 15 is 0 Å². The van der Waals surface area contributed by atoms with Crippen molar-refractivity contribution in [2.24, 2.45) is 0 Å². The normalized spacial score (nSPS) is 11.4. The first-order chi connectivity index (χ1) is 15.0. The molecule has 0 bridgehead atoms. The maximum absolute atomic E-state index is 11.7. The summed E-state index contributed by atoms with van der Waals surface area (Å²) in [6.07, 6.45) is 5.09. The minimum absolute atomic E-state index is 0. The minimum Gasteiger partial charge on any atom is -0.393 e. The van der Waals surface area contributed by atoms with Crippen LogP contribution in [0.1, 0.15) is 67.2 Å². The molecular formula is C24H51NO8. The summed E-state index contributed by atoms with van der Waals surface area (Å²) in [6.45, 7) is 8.10. The van der Waals surface area contributed by atoms with Crippen molar-refractivity contribution in [1.82, 2.24) is 5.32 Å². The van der Waals surface area contributed by atoms with Crippen molar-refractivity contribution >= 4 is 11.7 Å². The second-order valence-corrected chi connectivity index (χ2v) is 7.36. The third-order valence-corrected chi connectivity index (χ3v) is 4.14. The molecule has 0 spiro atoms. The molecule has 0 unspecified atom stereocenters. The molecule has 0 aliphatic rings. The fraction of sp³-hybridized carbons (Fsp3) is 0.917. The number of aliphatic hydroxyl groups is 1. The van der Waals surface area contributed by atoms with Gasteiger partial charge in [0, 0.05) is 13.0 Å². The van der Waals surface area contributed by atoms with Gasteiger partial charge < -0.3 is 34.1 Å². The summed E-state index contributed by atoms with van der Waals surface area (Å²) in [6, 6.07) is 0. The quantitative estimate of drug-likeness (QED) is 0.202. The maximum atomic E-state index is 11.7. The van der Waals surface area contributed by atoms with Gasteiger partial charge in [0.25, 0.3) is 0 Å². The summed E-state index contributed by atoms with van der Waals surface area (Å²) < 4.78 is 26.6. The maximum Gasteiger partial charge on any atom is 0.220 e. The molecule has 0 aromatic carbocycles. The molecule has 0 saturated heterocycles. The first kappa shape index (κ1) is 36.5. The fourth-order valence-corrected chi connectivity index (χ4v) is 2.53. The van der Waals surface area contributed by atoms with Crippen LogP contribution in [0.5, 0.6) is 0 Å². The van der Waals surface area contributed by atoms with Gasteiger partial charge in [0.1, 0.15) is 6.61 Å². The van der Waals surface area contributed by atoms with Crippen molar-refractivity contribution in [1.29, 1.82) is 0 Å². The van der Waals surface area contributed by atoms with Crippen LogP contribution in [-0.4, -0.2) is 95.5 Å². The summed E-state index contributed by atoms with van der Waals surface area (Å²) >= 11 is 0. The zero-order chi connectivity index (χ0) is 23.0. The molecule has 0 heterocycles. The van der Waals surface area contributed by atoms with Gasteiger partial charge >= 0.3 is 0 Å². The summed E-state index contributed by atoms with van der Waals surface area (Å²) in [5.74, 6) is 0.0586. The van der Waals surface area contributed by atoms with Gasteiger partial charge in [-0.25, -0.2) is 0 Å². The Morgan fingerprint density at radius 3 is 1.67 bits per heavy atom. The fourth-order valence-electron chi connectivity index (χ4n) is 2.53. The van der Waals surface area contributed by atoms with E-state index in [1.807, 2.05) is 0 Å². The molecule has 0 aromatic heterocycles. The van der Waals surface area contributed by atoms with Crippen LogP contribution in [0.2, 0.25) is 0 Å². The number of hydrogen-bond acceptors (Lipinski definition) is 8. The number of hydrogen-bond donors (Lipinski definition) is 2. The minimum atomic E-state index is -0.232. The van der Waals surface area contributed by atoms with E-state index < -0.39 is 0 Å². The first-order valence-corrected chi connectivity index (χ1v) is 11.3. The van der Waals surface area contributed by atoms with E-state index in [9.17, 15) is 14.7 Å². The van der Waals surface area contributed by atoms with Gasteiger partial charge in [0.15, 0.2) is 5.78 Å². The van der Waals surface area contributed by atoms with Crippen molar-refractivity contribution in [2.45, 2.75) is 73.3 Å². The number of unbranched alkanes of at least 4 members (excludes halogenated alkanes) is 3. The van der Waals surface area contributed by atoms with E-state index in [0.29, 0.717) is 72.4 Å². The zero-order valence-electron chi connectivity index (χ0n) is 19.4. The molecule has 0 fully saturated rings. The summed E-state index contributed by atoms with van der Waals surface area (Å²) in [5, 5.41) is 12.0. The molecule has 0 radical (unpaired) electrons. The molecule has 0 aliphatic carbocycles. The average molecular weight is 482 g/mol. The highest BCUT2D eigenvalue weighted by Crippen LogP contribution is 2.07. The second-order valence-electron chi connectivity index (χ2n) is 7.36. The Morgan fingerprint density at radius 1 is 0.727 bits per heavy atom. The van der Waals surface area contributed by atoms with Gasteiger partial charge in [0.05, 0.1) is 65.6 Å². The van der Waals surface area contributed by atoms with Crippen molar-refractivity contribution in [3.05, 3.63) is 0 Å². The molecule has 0 saturated carbocycles. The smallest absolute Gasteiger partial charge is 0.220 e. The highest BCUT2D eigenvalue weighted by molar-refractivity contribution is 5.76. The summed E-state index contributed by atoms with van der Waals surface area (Å²) in [4.78, 5) is 22.3. The lowest BCUT2D eigenvalue weighted by Gasteiger charge is -2.08. The van der Waals surface area contributed by atoms with E-state index in [1.54, 1.807) is 6.92 Å². The van der Waals surface area contributed by atoms with Gasteiger partial charge in [-0.15, -0.1) is 0 Å². The van der Waals surface area contributed by atoms with Crippen LogP contribution in [0.4, 0.5) is 0 Å². The zero-order valence-corrected chi connectivity index (χ0v) is 19.4. The second kappa shape index (κ2) is 28.9. The van der Waals surface area contributed by atoms with E-state index in [0.717, 1.165) is 32.1 Å². The average Bonchev–Trinajstić information content (AvgIpc) is 2.72. The Hall–Kier alpha value is -1.10. The van der Waals surface area contributed by atoms with Gasteiger partial charge in [0.2, 0.25) is 5.91 Å². The van der Waals surface area contributed by atoms with Crippen molar-refractivity contribution < 1.29 is 38.4 Å². The third kappa shape index (κ3) is 33.2. The molecule has 0 aromatic rings. The molecule has 33 heavy (non-hydrogen) atoms. The third-order valence-electron chi connectivity index (χ3n) is 4.14. The molecular weight excluding hydrogens is 430 g/mol. The highest BCUT2D eigenvalue weighted by atomic mass is 16.6. The standard InChI is InChI=1S/C22H43NO8.2CH4/c1-20(24)7-5-3-4-6-8-22(26)23-9-10-27-11-12-28-13-14-29-15-16-30-17-18-31-19-21(2)25;;/h20,24H,3-19H2,1-2H3,(H,23,26);2*1H4/t20-;;/m1../s1. The Kier molecular flexibility index (Phi) is 32.0. The van der Waals surface area contributed by atoms with E-state index in [2.05, 4.69) is 5.32 Å². The number of aliphatic hydroxyl groups excluding tert-OH is 1. The molecule has 0 rings (SSSR count). The van der Waals surface area contributed by atoms with E-state index in [-0.39, 0.29) is 39.3 Å². The number of ether oxygens (including phenoxy) is 5. The Bertz CT molecular complexity index is 421. The molecule has 9 heteroatoms. The van der Waals surface area contributed by atoms with Gasteiger partial charge in [-0.1, -0.05) is 34.1 Å². The molecule has 2 N–H and O–H groups in total. The number of carbonyl (C=O) groups is 2. The number of carbonyl (C=O) groups excluding carboxylic acids is 2. The summed E-state index contributed by atoms with van der Waals surface area (Å²) in [7, 11) is 0. The summed E-state index contributed by atoms with van der Waals surface area (Å²) in [5.41, 5.74) is 0. The topological polar surface area (TPSA) is 113 Å². The van der Waals surface area contributed by atoms with Crippen LogP contribution in [-0.2, 0) is 33.3 Å². The van der Waals surface area contributed by atoms with Crippen molar-refractivity contribution in [3.8, 4) is 0 Å². The van der Waals surface area contributed by atoms with E-state index in [1.165, 1.54) is 6.92 Å². The lowest BCUT2D eigenvalue weighted by atomic mass is 10.1.